The quantitative estimate of drug-likeness (QED) is 0.0640. The number of carbonyl (C=O) groups is 10. The van der Waals surface area contributed by atoms with Crippen LogP contribution in [0.1, 0.15) is 70.3 Å². The van der Waals surface area contributed by atoms with Gasteiger partial charge in [0.05, 0.1) is 19.2 Å². The van der Waals surface area contributed by atoms with Crippen LogP contribution in [-0.4, -0.2) is 224 Å². The Hall–Kier alpha value is -7.16. The van der Waals surface area contributed by atoms with Crippen LogP contribution in [0.4, 0.5) is 4.79 Å². The third-order valence-corrected chi connectivity index (χ3v) is 17.0. The third kappa shape index (κ3) is 13.6. The van der Waals surface area contributed by atoms with E-state index in [-0.39, 0.29) is 90.9 Å². The molecule has 5 amide bonds. The number of hydrogen-bond acceptors (Lipinski definition) is 15. The van der Waals surface area contributed by atoms with Crippen molar-refractivity contribution in [3.63, 3.8) is 0 Å². The minimum absolute atomic E-state index is 0.0144. The average molecular weight is 1110 g/mol. The van der Waals surface area contributed by atoms with Gasteiger partial charge < -0.3 is 62.0 Å². The van der Waals surface area contributed by atoms with Crippen molar-refractivity contribution in [2.75, 3.05) is 72.6 Å². The fourth-order valence-electron chi connectivity index (χ4n) is 13.0. The summed E-state index contributed by atoms with van der Waals surface area (Å²) in [6.45, 7) is 3.47. The van der Waals surface area contributed by atoms with E-state index in [0.717, 1.165) is 10.8 Å². The molecule has 13 atom stereocenters. The fraction of sp³-hybridized carbons (Fsp3) is 0.623. The molecule has 7 rings (SSSR count). The molecular formula is C53H73N9O17. The number of aliphatic carboxylic acids is 6. The predicted molar refractivity (Wildman–Crippen MR) is 279 cm³/mol. The maximum Gasteiger partial charge on any atom is 0.326 e. The Kier molecular flexibility index (Phi) is 19.7. The molecule has 2 aromatic carbocycles. The number of fused-ring (bicyclic) bond motifs is 7. The van der Waals surface area contributed by atoms with E-state index in [1.54, 1.807) is 27.7 Å². The SMILES string of the molecule is COc1c(CC(NC(=O)C2CCC(C(C)C34NC(=O)CN5CCN6CCN(CCN(CC5)C3C(=O)O)C(C(=O)O)C4C6C(=O)O)CC2)C(=O)NCCCCC(NC(=O)NC(CCC(=O)O)C(=O)O)C(=O)O)ccc2ccccc12. The lowest BCUT2D eigenvalue weighted by Crippen LogP contribution is -2.79. The van der Waals surface area contributed by atoms with E-state index in [9.17, 15) is 73.5 Å². The highest BCUT2D eigenvalue weighted by atomic mass is 16.5. The lowest BCUT2D eigenvalue weighted by atomic mass is 9.57. The average Bonchev–Trinajstić information content (AvgIpc) is 3.75. The van der Waals surface area contributed by atoms with Crippen LogP contribution >= 0.6 is 0 Å². The second-order valence-electron chi connectivity index (χ2n) is 21.5. The number of ether oxygens (including phenoxy) is 1. The number of urea groups is 1. The standard InChI is InChI=1S/C53H73N9O17/c1-29(53-40-41(49(72)73)60-21-19-59(28-38(63)58-53)20-22-62(44(53)51(76)77)26-25-61(24-23-60)42(40)50(74)75)30-10-13-32(14-11-30)45(66)55-37(27-33-15-12-31-7-3-4-8-34(31)43(33)79-2)46(67)54-18-6-5-9-35(47(68)69)56-52(78)57-36(48(70)71)16-17-39(64)65/h3-4,7-8,12,15,29-30,32,35-37,40-42,44H,5-6,9-11,13-14,16-28H2,1-2H3,(H,54,67)(H,55,66)(H,58,63)(H,64,65)(H,68,69)(H,70,71)(H,72,73)(H,74,75)(H,76,77)(H2,56,57,78). The number of benzene rings is 2. The number of methoxy groups -OCH3 is 1. The van der Waals surface area contributed by atoms with Crippen LogP contribution in [0.3, 0.4) is 0 Å². The number of rotatable bonds is 23. The number of nitrogens with zero attached hydrogens (tertiary/aromatic N) is 4. The molecule has 26 heteroatoms. The summed E-state index contributed by atoms with van der Waals surface area (Å²) in [6.07, 6.45) is 0.359. The second-order valence-corrected chi connectivity index (χ2v) is 21.5. The first-order valence-electron chi connectivity index (χ1n) is 27.0. The van der Waals surface area contributed by atoms with Crippen molar-refractivity contribution < 1.29 is 83.3 Å². The highest BCUT2D eigenvalue weighted by molar-refractivity contribution is 5.92. The molecular weight excluding hydrogens is 1030 g/mol. The first-order valence-corrected chi connectivity index (χ1v) is 27.0. The molecule has 4 saturated heterocycles. The summed E-state index contributed by atoms with van der Waals surface area (Å²) in [4.78, 5) is 139. The summed E-state index contributed by atoms with van der Waals surface area (Å²) in [7, 11) is 1.50. The van der Waals surface area contributed by atoms with Gasteiger partial charge in [0.25, 0.3) is 0 Å². The lowest BCUT2D eigenvalue weighted by molar-refractivity contribution is -0.171. The van der Waals surface area contributed by atoms with Gasteiger partial charge in [-0.25, -0.2) is 14.4 Å². The third-order valence-electron chi connectivity index (χ3n) is 17.0. The zero-order chi connectivity index (χ0) is 57.3. The van der Waals surface area contributed by atoms with Crippen LogP contribution in [0.15, 0.2) is 36.4 Å². The molecule has 11 N–H and O–H groups in total. The van der Waals surface area contributed by atoms with Gasteiger partial charge in [-0.15, -0.1) is 0 Å². The number of carbonyl (C=O) groups excluding carboxylic acids is 4. The van der Waals surface area contributed by atoms with Gasteiger partial charge in [-0.3, -0.25) is 53.2 Å². The van der Waals surface area contributed by atoms with Crippen LogP contribution in [0, 0.1) is 23.7 Å². The topological polar surface area (TPSA) is 374 Å². The van der Waals surface area contributed by atoms with Crippen LogP contribution in [0.2, 0.25) is 0 Å². The van der Waals surface area contributed by atoms with Crippen molar-refractivity contribution in [2.24, 2.45) is 23.7 Å². The molecule has 432 valence electrons. The lowest BCUT2D eigenvalue weighted by Gasteiger charge is -2.58. The van der Waals surface area contributed by atoms with Gasteiger partial charge in [0.15, 0.2) is 0 Å². The highest BCUT2D eigenvalue weighted by Crippen LogP contribution is 2.49. The van der Waals surface area contributed by atoms with Crippen LogP contribution in [0.25, 0.3) is 10.8 Å². The van der Waals surface area contributed by atoms with Gasteiger partial charge in [-0.1, -0.05) is 43.3 Å². The number of hydrogen-bond donors (Lipinski definition) is 11. The second kappa shape index (κ2) is 26.2. The first kappa shape index (κ1) is 59.5. The summed E-state index contributed by atoms with van der Waals surface area (Å²) in [5.74, 6) is -12.6. The van der Waals surface area contributed by atoms with Crippen LogP contribution in [-0.2, 0) is 49.6 Å². The van der Waals surface area contributed by atoms with Gasteiger partial charge in [0.1, 0.15) is 42.0 Å². The van der Waals surface area contributed by atoms with Gasteiger partial charge in [-0.2, -0.15) is 0 Å². The van der Waals surface area contributed by atoms with Crippen molar-refractivity contribution in [1.82, 2.24) is 46.2 Å². The molecule has 2 aromatic rings. The van der Waals surface area contributed by atoms with Crippen molar-refractivity contribution in [3.8, 4) is 5.75 Å². The number of carboxylic acids is 6. The molecule has 1 aliphatic carbocycles. The minimum atomic E-state index is -1.94. The Bertz CT molecular complexity index is 2630. The van der Waals surface area contributed by atoms with E-state index in [2.05, 4.69) is 26.6 Å². The molecule has 79 heavy (non-hydrogen) atoms. The van der Waals surface area contributed by atoms with Gasteiger partial charge in [0, 0.05) is 89.0 Å². The van der Waals surface area contributed by atoms with E-state index >= 15 is 0 Å². The van der Waals surface area contributed by atoms with E-state index in [4.69, 9.17) is 9.84 Å². The highest BCUT2D eigenvalue weighted by Gasteiger charge is 2.66. The Labute approximate surface area is 455 Å². The van der Waals surface area contributed by atoms with Crippen molar-refractivity contribution >= 4 is 70.3 Å². The number of nitrogens with one attached hydrogen (secondary N) is 5. The van der Waals surface area contributed by atoms with Crippen molar-refractivity contribution in [2.45, 2.75) is 113 Å². The van der Waals surface area contributed by atoms with E-state index in [1.807, 2.05) is 35.2 Å². The normalized spacial score (nSPS) is 29.1. The number of carboxylic acid groups (broad SMARTS) is 6. The monoisotopic (exact) mass is 1110 g/mol. The minimum Gasteiger partial charge on any atom is -0.496 e. The van der Waals surface area contributed by atoms with E-state index < -0.39 is 138 Å². The Morgan fingerprint density at radius 1 is 0.696 bits per heavy atom. The predicted octanol–water partition coefficient (Wildman–Crippen LogP) is -0.232. The summed E-state index contributed by atoms with van der Waals surface area (Å²) >= 11 is 0. The molecule has 13 unspecified atom stereocenters. The Balaban J connectivity index is 1.09. The summed E-state index contributed by atoms with van der Waals surface area (Å²) in [6, 6.07) is 1.32. The first-order chi connectivity index (χ1) is 37.6. The van der Waals surface area contributed by atoms with E-state index in [1.165, 1.54) is 7.11 Å². The molecule has 6 bridgehead atoms. The molecule has 0 radical (unpaired) electrons. The number of unbranched alkanes of at least 4 members (excludes halogenated alkanes) is 1. The molecule has 1 saturated carbocycles. The molecule has 0 aromatic heterocycles. The molecule has 4 heterocycles. The molecule has 5 fully saturated rings. The molecule has 0 spiro atoms. The zero-order valence-corrected chi connectivity index (χ0v) is 44.3. The molecule has 5 aliphatic rings. The Morgan fingerprint density at radius 2 is 1.28 bits per heavy atom. The fourth-order valence-corrected chi connectivity index (χ4v) is 13.0. The zero-order valence-electron chi connectivity index (χ0n) is 44.3. The van der Waals surface area contributed by atoms with E-state index in [0.29, 0.717) is 37.2 Å². The summed E-state index contributed by atoms with van der Waals surface area (Å²) in [5.41, 5.74) is -1.34. The largest absolute Gasteiger partial charge is 0.496 e. The van der Waals surface area contributed by atoms with Gasteiger partial charge in [0.2, 0.25) is 17.7 Å². The number of amides is 5. The summed E-state index contributed by atoms with van der Waals surface area (Å²) < 4.78 is 5.84. The maximum absolute atomic E-state index is 14.5. The maximum atomic E-state index is 14.5. The van der Waals surface area contributed by atoms with Crippen LogP contribution < -0.4 is 31.3 Å². The molecule has 26 nitrogen and oxygen atoms in total. The van der Waals surface area contributed by atoms with Crippen molar-refractivity contribution in [3.05, 3.63) is 42.0 Å². The van der Waals surface area contributed by atoms with Crippen molar-refractivity contribution in [1.29, 1.82) is 0 Å². The van der Waals surface area contributed by atoms with Gasteiger partial charge in [-0.05, 0) is 74.2 Å². The molecule has 4 aliphatic heterocycles. The van der Waals surface area contributed by atoms with Crippen LogP contribution in [0.5, 0.6) is 5.75 Å². The summed E-state index contributed by atoms with van der Waals surface area (Å²) in [5, 5.41) is 76.6. The Morgan fingerprint density at radius 3 is 1.86 bits per heavy atom. The van der Waals surface area contributed by atoms with Gasteiger partial charge >= 0.3 is 41.8 Å². The smallest absolute Gasteiger partial charge is 0.326 e.